The van der Waals surface area contributed by atoms with Gasteiger partial charge in [0.15, 0.2) is 9.84 Å². The highest BCUT2D eigenvalue weighted by atomic mass is 35.5. The Kier molecular flexibility index (Phi) is 6.07. The van der Waals surface area contributed by atoms with E-state index in [1.807, 2.05) is 0 Å². The molecule has 2 aromatic carbocycles. The molecule has 0 spiro atoms. The van der Waals surface area contributed by atoms with Crippen LogP contribution >= 0.6 is 11.6 Å². The van der Waals surface area contributed by atoms with Crippen molar-refractivity contribution in [3.63, 3.8) is 0 Å². The van der Waals surface area contributed by atoms with Gasteiger partial charge in [-0.15, -0.1) is 0 Å². The van der Waals surface area contributed by atoms with Crippen LogP contribution in [0.2, 0.25) is 5.02 Å². The monoisotopic (exact) mass is 423 g/mol. The van der Waals surface area contributed by atoms with E-state index in [1.54, 1.807) is 0 Å². The van der Waals surface area contributed by atoms with Crippen LogP contribution in [0.4, 0.5) is 8.78 Å². The Morgan fingerprint density at radius 3 is 2.36 bits per heavy atom. The molecule has 2 aromatic rings. The second-order valence-electron chi connectivity index (χ2n) is 7.22. The maximum absolute atomic E-state index is 14.7. The van der Waals surface area contributed by atoms with Gasteiger partial charge in [0.2, 0.25) is 0 Å². The minimum absolute atomic E-state index is 0.0380. The van der Waals surface area contributed by atoms with E-state index in [-0.39, 0.29) is 29.2 Å². The zero-order valence-electron chi connectivity index (χ0n) is 15.2. The van der Waals surface area contributed by atoms with E-state index in [0.29, 0.717) is 30.7 Å². The molecule has 1 aliphatic rings. The zero-order chi connectivity index (χ0) is 20.4. The van der Waals surface area contributed by atoms with E-state index in [0.717, 1.165) is 18.2 Å². The summed E-state index contributed by atoms with van der Waals surface area (Å²) in [7, 11) is -4.01. The summed E-state index contributed by atoms with van der Waals surface area (Å²) in [4.78, 5) is 0.0380. The van der Waals surface area contributed by atoms with Crippen molar-refractivity contribution >= 4 is 21.4 Å². The second-order valence-corrected chi connectivity index (χ2v) is 9.91. The molecule has 3 rings (SSSR count). The molecule has 3 nitrogen and oxygen atoms in total. The van der Waals surface area contributed by atoms with E-state index < -0.39 is 26.2 Å². The third kappa shape index (κ3) is 3.78. The Hall–Kier alpha value is -1.97. The van der Waals surface area contributed by atoms with Crippen molar-refractivity contribution < 1.29 is 17.2 Å². The minimum Gasteiger partial charge on any atom is -0.223 e. The molecule has 0 aromatic heterocycles. The second kappa shape index (κ2) is 8.18. The first kappa shape index (κ1) is 20.8. The van der Waals surface area contributed by atoms with Gasteiger partial charge in [-0.3, -0.25) is 0 Å². The van der Waals surface area contributed by atoms with Crippen LogP contribution in [0.1, 0.15) is 44.1 Å². The fourth-order valence-corrected chi connectivity index (χ4v) is 6.36. The van der Waals surface area contributed by atoms with Crippen LogP contribution in [0.3, 0.4) is 0 Å². The summed E-state index contributed by atoms with van der Waals surface area (Å²) in [6.07, 6.45) is 2.49. The minimum atomic E-state index is -4.01. The van der Waals surface area contributed by atoms with Gasteiger partial charge in [-0.1, -0.05) is 11.6 Å². The van der Waals surface area contributed by atoms with Crippen molar-refractivity contribution in [2.45, 2.75) is 48.2 Å². The Morgan fingerprint density at radius 2 is 1.75 bits per heavy atom. The van der Waals surface area contributed by atoms with Gasteiger partial charge < -0.3 is 0 Å². The number of hydrogen-bond donors (Lipinski definition) is 0. The van der Waals surface area contributed by atoms with E-state index in [9.17, 15) is 17.2 Å². The van der Waals surface area contributed by atoms with Gasteiger partial charge in [0.25, 0.3) is 0 Å². The molecule has 28 heavy (non-hydrogen) atoms. The number of hydrogen-bond acceptors (Lipinski definition) is 3. The number of sulfone groups is 1. The molecule has 1 aliphatic carbocycles. The molecule has 148 valence electrons. The van der Waals surface area contributed by atoms with Gasteiger partial charge in [0.05, 0.1) is 11.0 Å². The highest BCUT2D eigenvalue weighted by molar-refractivity contribution is 7.92. The van der Waals surface area contributed by atoms with Gasteiger partial charge in [0, 0.05) is 17.0 Å². The van der Waals surface area contributed by atoms with Crippen LogP contribution in [0, 0.1) is 28.9 Å². The lowest BCUT2D eigenvalue weighted by molar-refractivity contribution is 0.276. The van der Waals surface area contributed by atoms with Crippen LogP contribution < -0.4 is 0 Å². The summed E-state index contributed by atoms with van der Waals surface area (Å²) in [6, 6.07) is 10.8. The molecule has 0 bridgehead atoms. The smallest absolute Gasteiger partial charge is 0.188 e. The molecule has 1 saturated carbocycles. The number of benzene rings is 2. The molecule has 0 heterocycles. The van der Waals surface area contributed by atoms with Crippen LogP contribution in [0.5, 0.6) is 0 Å². The largest absolute Gasteiger partial charge is 0.223 e. The molecule has 7 heteroatoms. The molecule has 0 saturated heterocycles. The molecule has 1 fully saturated rings. The first-order valence-electron chi connectivity index (χ1n) is 9.13. The Balaban J connectivity index is 2.09. The summed E-state index contributed by atoms with van der Waals surface area (Å²) in [5.41, 5.74) is -0.124. The fourth-order valence-electron chi connectivity index (χ4n) is 4.07. The van der Waals surface area contributed by atoms with Crippen molar-refractivity contribution in [1.29, 1.82) is 5.26 Å². The number of nitrogens with zero attached hydrogens (tertiary/aromatic N) is 1. The first-order chi connectivity index (χ1) is 13.3. The van der Waals surface area contributed by atoms with E-state index in [4.69, 9.17) is 16.9 Å². The van der Waals surface area contributed by atoms with Crippen LogP contribution in [-0.2, 0) is 14.6 Å². The van der Waals surface area contributed by atoms with Crippen LogP contribution in [0.15, 0.2) is 47.4 Å². The van der Waals surface area contributed by atoms with Gasteiger partial charge in [-0.2, -0.15) is 5.26 Å². The van der Waals surface area contributed by atoms with Crippen LogP contribution in [0.25, 0.3) is 0 Å². The third-order valence-corrected chi connectivity index (χ3v) is 8.44. The SMILES string of the molecule is N#CCC[C@H]1CC[C@](c2cc(F)ccc2F)(S(=O)(=O)c2ccc(Cl)cc2)CC1. The summed E-state index contributed by atoms with van der Waals surface area (Å²) in [6.45, 7) is 0. The number of halogens is 3. The standard InChI is InChI=1S/C21H20ClF2NO2S/c22-16-3-6-18(7-4-16)28(26,27)21(19-14-17(23)5-8-20(19)24)11-9-15(10-12-21)2-1-13-25/h3-8,14-15H,1-2,9-12H2/t15-,21-. The van der Waals surface area contributed by atoms with Crippen LogP contribution in [-0.4, -0.2) is 8.42 Å². The Labute approximate surface area is 168 Å². The Bertz CT molecular complexity index is 992. The summed E-state index contributed by atoms with van der Waals surface area (Å²) >= 11 is 5.88. The number of nitriles is 1. The maximum Gasteiger partial charge on any atom is 0.188 e. The lowest BCUT2D eigenvalue weighted by Crippen LogP contribution is -2.40. The lowest BCUT2D eigenvalue weighted by atomic mass is 9.76. The van der Waals surface area contributed by atoms with Gasteiger partial charge in [-0.05, 0) is 80.5 Å². The molecular formula is C21H20ClF2NO2S. The summed E-state index contributed by atoms with van der Waals surface area (Å²) < 4.78 is 54.4. The average Bonchev–Trinajstić information content (AvgIpc) is 2.69. The van der Waals surface area contributed by atoms with Crippen molar-refractivity contribution in [3.05, 3.63) is 64.7 Å². The van der Waals surface area contributed by atoms with Crippen molar-refractivity contribution in [1.82, 2.24) is 0 Å². The average molecular weight is 424 g/mol. The van der Waals surface area contributed by atoms with Crippen molar-refractivity contribution in [3.8, 4) is 6.07 Å². The molecule has 0 atom stereocenters. The molecule has 0 aliphatic heterocycles. The summed E-state index contributed by atoms with van der Waals surface area (Å²) in [5.74, 6) is -1.20. The quantitative estimate of drug-likeness (QED) is 0.612. The predicted octanol–water partition coefficient (Wildman–Crippen LogP) is 5.78. The highest BCUT2D eigenvalue weighted by Crippen LogP contribution is 2.49. The van der Waals surface area contributed by atoms with Gasteiger partial charge >= 0.3 is 0 Å². The zero-order valence-corrected chi connectivity index (χ0v) is 16.7. The molecule has 0 unspecified atom stereocenters. The predicted molar refractivity (Wildman–Crippen MR) is 103 cm³/mol. The molecule has 0 radical (unpaired) electrons. The first-order valence-corrected chi connectivity index (χ1v) is 11.0. The van der Waals surface area contributed by atoms with Gasteiger partial charge in [-0.25, -0.2) is 17.2 Å². The maximum atomic E-state index is 14.7. The van der Waals surface area contributed by atoms with E-state index in [2.05, 4.69) is 6.07 Å². The van der Waals surface area contributed by atoms with E-state index >= 15 is 0 Å². The fraction of sp³-hybridized carbons (Fsp3) is 0.381. The lowest BCUT2D eigenvalue weighted by Gasteiger charge is -2.40. The third-order valence-electron chi connectivity index (χ3n) is 5.63. The molecule has 0 amide bonds. The topological polar surface area (TPSA) is 57.9 Å². The normalized spacial score (nSPS) is 22.6. The van der Waals surface area contributed by atoms with Crippen molar-refractivity contribution in [2.75, 3.05) is 0 Å². The van der Waals surface area contributed by atoms with Crippen molar-refractivity contribution in [2.24, 2.45) is 5.92 Å². The van der Waals surface area contributed by atoms with E-state index in [1.165, 1.54) is 24.3 Å². The summed E-state index contributed by atoms with van der Waals surface area (Å²) in [5, 5.41) is 9.19. The molecular weight excluding hydrogens is 404 g/mol. The Morgan fingerprint density at radius 1 is 1.11 bits per heavy atom. The number of rotatable bonds is 5. The highest BCUT2D eigenvalue weighted by Gasteiger charge is 2.49. The van der Waals surface area contributed by atoms with Gasteiger partial charge in [0.1, 0.15) is 16.4 Å². The molecule has 0 N–H and O–H groups in total.